The van der Waals surface area contributed by atoms with Crippen molar-refractivity contribution in [3.63, 3.8) is 0 Å². The lowest BCUT2D eigenvalue weighted by Gasteiger charge is -2.14. The van der Waals surface area contributed by atoms with Crippen LogP contribution in [-0.2, 0) is 22.2 Å². The fourth-order valence-corrected chi connectivity index (χ4v) is 4.39. The number of hydrogen-bond acceptors (Lipinski definition) is 7. The number of anilines is 2. The SMILES string of the molecule is CP(=O)(O)Nc1ccc(-c2cc(Cc3ccc(OCc4ccccc4)nc3)no2)c(NP(C)(=O)O)n1. The van der Waals surface area contributed by atoms with E-state index in [-0.39, 0.29) is 11.6 Å². The van der Waals surface area contributed by atoms with Crippen molar-refractivity contribution in [3.8, 4) is 17.2 Å². The van der Waals surface area contributed by atoms with Gasteiger partial charge in [0.15, 0.2) is 5.76 Å². The fourth-order valence-electron chi connectivity index (χ4n) is 3.28. The molecule has 2 atom stereocenters. The lowest BCUT2D eigenvalue weighted by molar-refractivity contribution is 0.294. The maximum absolute atomic E-state index is 12.0. The van der Waals surface area contributed by atoms with Gasteiger partial charge in [-0.25, -0.2) is 9.97 Å². The van der Waals surface area contributed by atoms with Gasteiger partial charge in [0.05, 0.1) is 11.3 Å². The monoisotopic (exact) mass is 529 g/mol. The van der Waals surface area contributed by atoms with Crippen molar-refractivity contribution in [2.24, 2.45) is 0 Å². The molecule has 4 aromatic rings. The van der Waals surface area contributed by atoms with Gasteiger partial charge in [0, 0.05) is 38.1 Å². The van der Waals surface area contributed by atoms with Gasteiger partial charge in [0.25, 0.3) is 15.0 Å². The van der Waals surface area contributed by atoms with E-state index in [9.17, 15) is 18.9 Å². The molecule has 4 rings (SSSR count). The predicted octanol–water partition coefficient (Wildman–Crippen LogP) is 4.76. The van der Waals surface area contributed by atoms with Crippen molar-refractivity contribution < 1.29 is 28.2 Å². The zero-order chi connectivity index (χ0) is 25.8. The van der Waals surface area contributed by atoms with E-state index in [1.165, 1.54) is 6.07 Å². The second-order valence-corrected chi connectivity index (χ2v) is 12.2. The number of nitrogens with one attached hydrogen (secondary N) is 2. The zero-order valence-corrected chi connectivity index (χ0v) is 21.3. The van der Waals surface area contributed by atoms with Crippen molar-refractivity contribution in [2.45, 2.75) is 13.0 Å². The summed E-state index contributed by atoms with van der Waals surface area (Å²) in [5.74, 6) is 0.875. The molecule has 0 aliphatic carbocycles. The lowest BCUT2D eigenvalue weighted by atomic mass is 10.1. The van der Waals surface area contributed by atoms with E-state index in [2.05, 4.69) is 25.3 Å². The third kappa shape index (κ3) is 7.50. The molecule has 11 nitrogen and oxygen atoms in total. The van der Waals surface area contributed by atoms with Crippen LogP contribution in [0, 0.1) is 0 Å². The molecule has 0 radical (unpaired) electrons. The number of nitrogens with zero attached hydrogens (tertiary/aromatic N) is 3. The molecule has 0 aliphatic heterocycles. The number of aromatic nitrogens is 3. The van der Waals surface area contributed by atoms with Crippen molar-refractivity contribution in [2.75, 3.05) is 23.5 Å². The molecule has 3 aromatic heterocycles. The number of rotatable bonds is 10. The Hall–Kier alpha value is -3.49. The maximum atomic E-state index is 12.0. The Labute approximate surface area is 207 Å². The number of ether oxygens (including phenoxy) is 1. The minimum Gasteiger partial charge on any atom is -0.473 e. The topological polar surface area (TPSA) is 160 Å². The van der Waals surface area contributed by atoms with Gasteiger partial charge in [-0.15, -0.1) is 0 Å². The van der Waals surface area contributed by atoms with Crippen LogP contribution in [0.2, 0.25) is 0 Å². The maximum Gasteiger partial charge on any atom is 0.289 e. The Morgan fingerprint density at radius 2 is 1.69 bits per heavy atom. The molecule has 4 N–H and O–H groups in total. The third-order valence-corrected chi connectivity index (χ3v) is 6.04. The first kappa shape index (κ1) is 25.6. The van der Waals surface area contributed by atoms with Crippen LogP contribution in [0.3, 0.4) is 0 Å². The zero-order valence-electron chi connectivity index (χ0n) is 19.5. The third-order valence-electron chi connectivity index (χ3n) is 4.77. The van der Waals surface area contributed by atoms with E-state index >= 15 is 0 Å². The smallest absolute Gasteiger partial charge is 0.289 e. The van der Waals surface area contributed by atoms with Gasteiger partial charge in [-0.3, -0.25) is 14.2 Å². The largest absolute Gasteiger partial charge is 0.473 e. The lowest BCUT2D eigenvalue weighted by Crippen LogP contribution is -2.03. The molecule has 0 saturated heterocycles. The molecule has 0 aliphatic rings. The highest BCUT2D eigenvalue weighted by Crippen LogP contribution is 2.41. The van der Waals surface area contributed by atoms with E-state index in [0.29, 0.717) is 35.9 Å². The van der Waals surface area contributed by atoms with Gasteiger partial charge in [0.1, 0.15) is 18.2 Å². The fraction of sp³-hybridized carbons (Fsp3) is 0.174. The van der Waals surface area contributed by atoms with Gasteiger partial charge in [-0.2, -0.15) is 0 Å². The summed E-state index contributed by atoms with van der Waals surface area (Å²) in [5, 5.41) is 8.90. The molecule has 36 heavy (non-hydrogen) atoms. The first-order valence-corrected chi connectivity index (χ1v) is 15.0. The summed E-state index contributed by atoms with van der Waals surface area (Å²) >= 11 is 0. The number of benzene rings is 1. The minimum absolute atomic E-state index is 0.00562. The first-order chi connectivity index (χ1) is 17.0. The molecule has 3 heterocycles. The number of hydrogen-bond donors (Lipinski definition) is 4. The van der Waals surface area contributed by atoms with Crippen LogP contribution in [0.4, 0.5) is 11.6 Å². The van der Waals surface area contributed by atoms with Crippen LogP contribution in [0.25, 0.3) is 11.3 Å². The van der Waals surface area contributed by atoms with Gasteiger partial charge in [0.2, 0.25) is 5.88 Å². The highest BCUT2D eigenvalue weighted by Gasteiger charge is 2.20. The summed E-state index contributed by atoms with van der Waals surface area (Å²) < 4.78 is 34.8. The Bertz CT molecular complexity index is 1420. The van der Waals surface area contributed by atoms with Crippen LogP contribution in [0.1, 0.15) is 16.8 Å². The standard InChI is InChI=1S/C23H25N5O6P2/c1-35(29,30)27-21-10-9-19(23(25-21)28-36(2,31)32)20-13-18(26-34-20)12-17-8-11-22(24-14-17)33-15-16-6-4-3-5-7-16/h3-11,13-14H,12,15H2,1-2H3,(H4,25,27,28,29,30,31,32). The summed E-state index contributed by atoms with van der Waals surface area (Å²) in [7, 11) is -7.37. The molecular weight excluding hydrogens is 504 g/mol. The average molecular weight is 529 g/mol. The van der Waals surface area contributed by atoms with Crippen LogP contribution in [-0.4, -0.2) is 38.2 Å². The Morgan fingerprint density at radius 3 is 2.36 bits per heavy atom. The summed E-state index contributed by atoms with van der Waals surface area (Å²) in [5.41, 5.74) is 2.90. The van der Waals surface area contributed by atoms with Crippen molar-refractivity contribution >= 4 is 26.7 Å². The van der Waals surface area contributed by atoms with E-state index in [1.54, 1.807) is 24.4 Å². The first-order valence-electron chi connectivity index (χ1n) is 10.8. The average Bonchev–Trinajstić information content (AvgIpc) is 3.25. The van der Waals surface area contributed by atoms with Crippen LogP contribution in [0.15, 0.2) is 71.4 Å². The molecule has 13 heteroatoms. The molecule has 0 bridgehead atoms. The highest BCUT2D eigenvalue weighted by molar-refractivity contribution is 7.59. The van der Waals surface area contributed by atoms with Crippen LogP contribution in [0.5, 0.6) is 5.88 Å². The summed E-state index contributed by atoms with van der Waals surface area (Å²) in [6.45, 7) is 2.65. The predicted molar refractivity (Wildman–Crippen MR) is 136 cm³/mol. The molecular formula is C23H25N5O6P2. The van der Waals surface area contributed by atoms with Crippen LogP contribution >= 0.6 is 15.0 Å². The summed E-state index contributed by atoms with van der Waals surface area (Å²) in [4.78, 5) is 27.9. The quantitative estimate of drug-likeness (QED) is 0.210. The molecule has 0 saturated carbocycles. The van der Waals surface area contributed by atoms with E-state index in [0.717, 1.165) is 24.5 Å². The summed E-state index contributed by atoms with van der Waals surface area (Å²) in [6.07, 6.45) is 2.13. The molecule has 1 aromatic carbocycles. The van der Waals surface area contributed by atoms with E-state index in [4.69, 9.17) is 9.26 Å². The molecule has 188 valence electrons. The Balaban J connectivity index is 1.48. The second-order valence-electron chi connectivity index (χ2n) is 8.21. The van der Waals surface area contributed by atoms with Gasteiger partial charge < -0.3 is 24.1 Å². The van der Waals surface area contributed by atoms with Crippen molar-refractivity contribution in [3.05, 3.63) is 83.7 Å². The minimum atomic E-state index is -3.74. The Kier molecular flexibility index (Phi) is 7.56. The molecule has 0 fully saturated rings. The normalized spacial score (nSPS) is 14.4. The van der Waals surface area contributed by atoms with Crippen molar-refractivity contribution in [1.82, 2.24) is 15.1 Å². The molecule has 0 spiro atoms. The Morgan fingerprint density at radius 1 is 0.944 bits per heavy atom. The van der Waals surface area contributed by atoms with E-state index in [1.807, 2.05) is 36.4 Å². The van der Waals surface area contributed by atoms with Gasteiger partial charge in [-0.1, -0.05) is 41.6 Å². The molecule has 0 amide bonds. The van der Waals surface area contributed by atoms with Crippen LogP contribution < -0.4 is 14.9 Å². The van der Waals surface area contributed by atoms with Crippen molar-refractivity contribution in [1.29, 1.82) is 0 Å². The van der Waals surface area contributed by atoms with E-state index < -0.39 is 15.0 Å². The second kappa shape index (κ2) is 10.6. The highest BCUT2D eigenvalue weighted by atomic mass is 31.2. The summed E-state index contributed by atoms with van der Waals surface area (Å²) in [6, 6.07) is 18.2. The molecule has 2 unspecified atom stereocenters. The number of pyridine rings is 2. The van der Waals surface area contributed by atoms with Gasteiger partial charge in [-0.05, 0) is 23.3 Å². The van der Waals surface area contributed by atoms with Gasteiger partial charge >= 0.3 is 0 Å².